The molecule has 0 spiro atoms. The highest BCUT2D eigenvalue weighted by Gasteiger charge is 2.29. The topological polar surface area (TPSA) is 82.8 Å². The maximum absolute atomic E-state index is 5.72. The second kappa shape index (κ2) is 17.7. The summed E-state index contributed by atoms with van der Waals surface area (Å²) in [7, 11) is 0. The van der Waals surface area contributed by atoms with Crippen molar-refractivity contribution in [3.63, 3.8) is 0 Å². The van der Waals surface area contributed by atoms with E-state index in [9.17, 15) is 0 Å². The maximum Gasteiger partial charge on any atom is 0.240 e. The van der Waals surface area contributed by atoms with Gasteiger partial charge in [0.15, 0.2) is 5.82 Å². The molecule has 0 amide bonds. The zero-order valence-corrected chi connectivity index (χ0v) is 43.6. The molecule has 364 valence electrons. The monoisotopic (exact) mass is 1100 g/mol. The zero-order chi connectivity index (χ0) is 49.8. The lowest BCUT2D eigenvalue weighted by atomic mass is 10.0. The largest absolute Gasteiger partial charge is 0.346 e. The molecule has 0 aliphatic carbocycles. The molecule has 1 aliphatic rings. The van der Waals surface area contributed by atoms with Gasteiger partial charge in [0.25, 0.3) is 0 Å². The Morgan fingerprint density at radius 2 is 0.779 bits per heavy atom. The van der Waals surface area contributed by atoms with E-state index in [1.54, 1.807) is 0 Å². The van der Waals surface area contributed by atoms with Gasteiger partial charge in [-0.2, -0.15) is 15.0 Å². The number of allylic oxidation sites excluding steroid dienone is 1. The van der Waals surface area contributed by atoms with Gasteiger partial charge in [0.05, 0.1) is 49.8 Å². The third kappa shape index (κ3) is 6.84. The van der Waals surface area contributed by atoms with Crippen LogP contribution in [-0.2, 0) is 0 Å². The van der Waals surface area contributed by atoms with Crippen molar-refractivity contribution in [2.24, 2.45) is 4.99 Å². The van der Waals surface area contributed by atoms with Gasteiger partial charge in [-0.3, -0.25) is 9.13 Å². The van der Waals surface area contributed by atoms with Crippen molar-refractivity contribution in [1.29, 1.82) is 0 Å². The van der Waals surface area contributed by atoms with Gasteiger partial charge in [0.2, 0.25) is 18.2 Å². The van der Waals surface area contributed by atoms with Crippen LogP contribution in [0.2, 0.25) is 0 Å². The summed E-state index contributed by atoms with van der Waals surface area (Å²) in [5, 5.41) is 12.8. The number of aliphatic imine (C=N–C) groups is 1. The van der Waals surface area contributed by atoms with Crippen molar-refractivity contribution in [1.82, 2.24) is 38.5 Å². The van der Waals surface area contributed by atoms with Crippen LogP contribution in [0.15, 0.2) is 254 Å². The Labute approximate surface area is 458 Å². The van der Waals surface area contributed by atoms with E-state index in [4.69, 9.17) is 19.9 Å². The molecule has 10 heteroatoms. The Morgan fingerprint density at radius 3 is 1.38 bits per heavy atom. The molecule has 9 nitrogen and oxygen atoms in total. The van der Waals surface area contributed by atoms with Gasteiger partial charge in [0.1, 0.15) is 0 Å². The first-order chi connectivity index (χ1) is 37.7. The molecule has 1 aliphatic heterocycles. The molecule has 0 saturated heterocycles. The second-order valence-corrected chi connectivity index (χ2v) is 19.4. The maximum atomic E-state index is 5.72. The number of aromatic nitrogens is 7. The van der Waals surface area contributed by atoms with E-state index < -0.39 is 6.29 Å². The third-order valence-electron chi connectivity index (χ3n) is 15.3. The molecule has 77 heavy (non-hydrogen) atoms. The highest BCUT2D eigenvalue weighted by Crippen LogP contribution is 2.44. The molecule has 0 radical (unpaired) electrons. The van der Waals surface area contributed by atoms with E-state index in [0.29, 0.717) is 17.7 Å². The average molecular weight is 1100 g/mol. The normalized spacial score (nSPS) is 13.7. The van der Waals surface area contributed by atoms with E-state index in [1.165, 1.54) is 5.39 Å². The molecule has 0 saturated carbocycles. The van der Waals surface area contributed by atoms with Gasteiger partial charge in [0, 0.05) is 60.0 Å². The summed E-state index contributed by atoms with van der Waals surface area (Å²) in [6, 6.07) is 85.6. The van der Waals surface area contributed by atoms with Crippen LogP contribution < -0.4 is 5.32 Å². The summed E-state index contributed by atoms with van der Waals surface area (Å²) >= 11 is 0. The number of hydrogen-bond donors (Lipinski definition) is 1. The van der Waals surface area contributed by atoms with E-state index in [0.717, 1.165) is 116 Å². The van der Waals surface area contributed by atoms with E-state index in [1.807, 2.05) is 24.3 Å². The van der Waals surface area contributed by atoms with Crippen LogP contribution in [0.4, 0.5) is 0 Å². The summed E-state index contributed by atoms with van der Waals surface area (Å²) in [5.74, 6) is 1.59. The average Bonchev–Trinajstić information content (AvgIpc) is 4.43. The highest BCUT2D eigenvalue weighted by atomic mass is 127. The summed E-state index contributed by atoms with van der Waals surface area (Å²) in [6.07, 6.45) is 1.68. The number of fused-ring (bicyclic) bond motifs is 14. The molecule has 0 bridgehead atoms. The Bertz CT molecular complexity index is 4900. The lowest BCUT2D eigenvalue weighted by Crippen LogP contribution is -2.29. The first kappa shape index (κ1) is 44.8. The minimum absolute atomic E-state index is 0. The van der Waals surface area contributed by atoms with E-state index in [-0.39, 0.29) is 24.0 Å². The Morgan fingerprint density at radius 1 is 0.338 bits per heavy atom. The summed E-state index contributed by atoms with van der Waals surface area (Å²) in [4.78, 5) is 22.3. The van der Waals surface area contributed by atoms with Crippen LogP contribution >= 0.6 is 24.0 Å². The number of para-hydroxylation sites is 5. The third-order valence-corrected chi connectivity index (χ3v) is 15.3. The van der Waals surface area contributed by atoms with Crippen LogP contribution in [0.1, 0.15) is 17.4 Å². The van der Waals surface area contributed by atoms with Crippen molar-refractivity contribution < 1.29 is 0 Å². The zero-order valence-electron chi connectivity index (χ0n) is 41.2. The summed E-state index contributed by atoms with van der Waals surface area (Å²) < 4.78 is 9.30. The SMILES string of the molecule is C1=C(c2ccccc2)NC(n2c3ccccc3c3c4c(ccc32)c2ccccc2n4-c2nc(-c3ccccc3)nc(-n3c4ccccc4c4ccc5c6ccccc6n(-c6ccccc6)c5c43)n2)N=C1c1ccccc1.I. The molecule has 1 N–H and O–H groups in total. The molecule has 1 atom stereocenters. The predicted molar refractivity (Wildman–Crippen MR) is 326 cm³/mol. The minimum atomic E-state index is -0.486. The molecule has 15 aromatic rings. The van der Waals surface area contributed by atoms with Crippen LogP contribution in [0.5, 0.6) is 0 Å². The van der Waals surface area contributed by atoms with Crippen molar-refractivity contribution >= 4 is 123 Å². The van der Waals surface area contributed by atoms with Gasteiger partial charge in [-0.15, -0.1) is 24.0 Å². The fourth-order valence-corrected chi connectivity index (χ4v) is 12.0. The molecule has 6 heterocycles. The van der Waals surface area contributed by atoms with Crippen LogP contribution in [0, 0.1) is 0 Å². The van der Waals surface area contributed by atoms with E-state index in [2.05, 4.69) is 248 Å². The highest BCUT2D eigenvalue weighted by molar-refractivity contribution is 14.0. The van der Waals surface area contributed by atoms with Crippen LogP contribution in [-0.4, -0.2) is 38.9 Å². The van der Waals surface area contributed by atoms with E-state index >= 15 is 0 Å². The number of halogens is 1. The minimum Gasteiger partial charge on any atom is -0.346 e. The number of benzene rings is 10. The molecule has 5 aromatic heterocycles. The number of rotatable bonds is 7. The molecular weight excluding hydrogens is 1060 g/mol. The standard InChI is InChI=1S/C67H43N9.HI/c1-5-21-42(22-6-1)53-41-54(43-23-7-2-8-24-43)69-65(68-53)74-58-36-20-16-32-52(58)60-59(74)40-39-49-46-29-14-18-34-56(46)75(61(49)60)66-70-64(44-25-9-3-10-26-44)71-67(72-66)76-57-35-19-15-31-48(57)51-38-37-50-47-30-13-17-33-55(47)73(62(50)63(51)76)45-27-11-4-12-28-45;/h1-41,65,68H;1H. The molecule has 0 fully saturated rings. The van der Waals surface area contributed by atoms with Crippen molar-refractivity contribution in [3.05, 3.63) is 260 Å². The van der Waals surface area contributed by atoms with Crippen molar-refractivity contribution in [3.8, 4) is 29.0 Å². The Hall–Kier alpha value is -9.65. The van der Waals surface area contributed by atoms with Gasteiger partial charge in [-0.1, -0.05) is 200 Å². The van der Waals surface area contributed by atoms with Crippen molar-refractivity contribution in [2.45, 2.75) is 6.29 Å². The van der Waals surface area contributed by atoms with Gasteiger partial charge >= 0.3 is 0 Å². The number of nitrogens with zero attached hydrogens (tertiary/aromatic N) is 8. The van der Waals surface area contributed by atoms with Gasteiger partial charge in [-0.05, 0) is 59.7 Å². The quantitative estimate of drug-likeness (QED) is 0.161. The van der Waals surface area contributed by atoms with Gasteiger partial charge < -0.3 is 14.5 Å². The Kier molecular flexibility index (Phi) is 10.3. The summed E-state index contributed by atoms with van der Waals surface area (Å²) in [6.45, 7) is 0. The number of hydrogen-bond acceptors (Lipinski definition) is 5. The lowest BCUT2D eigenvalue weighted by molar-refractivity contribution is 0.508. The molecule has 16 rings (SSSR count). The smallest absolute Gasteiger partial charge is 0.240 e. The molecule has 10 aromatic carbocycles. The number of nitrogens with one attached hydrogen (secondary N) is 1. The summed E-state index contributed by atoms with van der Waals surface area (Å²) in [5.41, 5.74) is 14.3. The lowest BCUT2D eigenvalue weighted by Gasteiger charge is -2.27. The first-order valence-electron chi connectivity index (χ1n) is 25.7. The fraction of sp³-hybridized carbons (Fsp3) is 0.0149. The fourth-order valence-electron chi connectivity index (χ4n) is 12.0. The van der Waals surface area contributed by atoms with Gasteiger partial charge in [-0.25, -0.2) is 4.99 Å². The van der Waals surface area contributed by atoms with Crippen molar-refractivity contribution in [2.75, 3.05) is 0 Å². The Balaban J connectivity index is 0.00000518. The van der Waals surface area contributed by atoms with Crippen LogP contribution in [0.25, 0.3) is 122 Å². The predicted octanol–water partition coefficient (Wildman–Crippen LogP) is 16.1. The first-order valence-corrected chi connectivity index (χ1v) is 25.7. The van der Waals surface area contributed by atoms with Crippen LogP contribution in [0.3, 0.4) is 0 Å². The molecular formula is C67H44IN9. The second-order valence-electron chi connectivity index (χ2n) is 19.4. The molecule has 1 unspecified atom stereocenters.